The number of primary amides is 1. The summed E-state index contributed by atoms with van der Waals surface area (Å²) in [6.07, 6.45) is 4.37. The first kappa shape index (κ1) is 13.6. The van der Waals surface area contributed by atoms with Crippen molar-refractivity contribution < 1.29 is 14.3 Å². The Hall–Kier alpha value is -2.48. The normalized spacial score (nSPS) is 11.1. The number of rotatable bonds is 5. The third-order valence-electron chi connectivity index (χ3n) is 2.17. The number of carbonyl (C=O) groups excluding carboxylic acids is 2. The quantitative estimate of drug-likeness (QED) is 0.754. The first-order chi connectivity index (χ1) is 8.63. The Labute approximate surface area is 105 Å². The first-order valence-electron chi connectivity index (χ1n) is 5.33. The molecule has 5 nitrogen and oxygen atoms in total. The fourth-order valence-corrected chi connectivity index (χ4v) is 1.25. The van der Waals surface area contributed by atoms with Gasteiger partial charge in [-0.1, -0.05) is 30.3 Å². The van der Waals surface area contributed by atoms with Gasteiger partial charge in [0.25, 0.3) is 0 Å². The van der Waals surface area contributed by atoms with Gasteiger partial charge in [0.1, 0.15) is 12.6 Å². The van der Waals surface area contributed by atoms with E-state index in [1.165, 1.54) is 0 Å². The minimum atomic E-state index is -0.904. The van der Waals surface area contributed by atoms with Gasteiger partial charge in [0.05, 0.1) is 0 Å². The van der Waals surface area contributed by atoms with E-state index in [-0.39, 0.29) is 13.0 Å². The number of nitrogens with one attached hydrogen (secondary N) is 1. The number of nitrogens with two attached hydrogens (primary N) is 1. The van der Waals surface area contributed by atoms with Gasteiger partial charge in [-0.25, -0.2) is 4.79 Å². The SMILES string of the molecule is C#CCC(NC(=O)OCc1ccccc1)C(N)=O. The number of terminal acetylenes is 1. The Morgan fingerprint density at radius 2 is 2.06 bits per heavy atom. The van der Waals surface area contributed by atoms with E-state index in [9.17, 15) is 9.59 Å². The van der Waals surface area contributed by atoms with Gasteiger partial charge in [0.2, 0.25) is 5.91 Å². The number of hydrogen-bond donors (Lipinski definition) is 2. The fourth-order valence-electron chi connectivity index (χ4n) is 1.25. The van der Waals surface area contributed by atoms with Crippen LogP contribution in [0.3, 0.4) is 0 Å². The lowest BCUT2D eigenvalue weighted by atomic mass is 10.2. The standard InChI is InChI=1S/C13H14N2O3/c1-2-6-11(12(14)16)15-13(17)18-9-10-7-4-3-5-8-10/h1,3-5,7-8,11H,6,9H2,(H2,14,16)(H,15,17). The topological polar surface area (TPSA) is 81.4 Å². The molecule has 0 fully saturated rings. The highest BCUT2D eigenvalue weighted by Gasteiger charge is 2.17. The van der Waals surface area contributed by atoms with Crippen molar-refractivity contribution in [3.05, 3.63) is 35.9 Å². The Morgan fingerprint density at radius 3 is 2.61 bits per heavy atom. The number of ether oxygens (including phenoxy) is 1. The molecule has 18 heavy (non-hydrogen) atoms. The van der Waals surface area contributed by atoms with Crippen molar-refractivity contribution >= 4 is 12.0 Å². The summed E-state index contributed by atoms with van der Waals surface area (Å²) in [5, 5.41) is 2.31. The first-order valence-corrected chi connectivity index (χ1v) is 5.33. The van der Waals surface area contributed by atoms with Crippen LogP contribution in [-0.4, -0.2) is 18.0 Å². The Morgan fingerprint density at radius 1 is 1.39 bits per heavy atom. The lowest BCUT2D eigenvalue weighted by molar-refractivity contribution is -0.119. The molecule has 94 valence electrons. The van der Waals surface area contributed by atoms with Crippen LogP contribution in [0.5, 0.6) is 0 Å². The summed E-state index contributed by atoms with van der Waals surface area (Å²) in [4.78, 5) is 22.4. The van der Waals surface area contributed by atoms with Crippen LogP contribution in [-0.2, 0) is 16.1 Å². The van der Waals surface area contributed by atoms with E-state index in [4.69, 9.17) is 16.9 Å². The highest BCUT2D eigenvalue weighted by atomic mass is 16.5. The molecule has 1 atom stereocenters. The van der Waals surface area contributed by atoms with Crippen LogP contribution in [0.2, 0.25) is 0 Å². The van der Waals surface area contributed by atoms with E-state index in [2.05, 4.69) is 11.2 Å². The van der Waals surface area contributed by atoms with Gasteiger partial charge in [-0.05, 0) is 5.56 Å². The van der Waals surface area contributed by atoms with Crippen LogP contribution in [0.25, 0.3) is 0 Å². The van der Waals surface area contributed by atoms with Gasteiger partial charge < -0.3 is 15.8 Å². The molecule has 0 aliphatic rings. The molecule has 0 aliphatic carbocycles. The van der Waals surface area contributed by atoms with Crippen LogP contribution >= 0.6 is 0 Å². The maximum Gasteiger partial charge on any atom is 0.408 e. The molecule has 0 radical (unpaired) electrons. The molecule has 5 heteroatoms. The predicted octanol–water partition coefficient (Wildman–Crippen LogP) is 0.790. The molecule has 0 aromatic heterocycles. The highest BCUT2D eigenvalue weighted by molar-refractivity contribution is 5.84. The summed E-state index contributed by atoms with van der Waals surface area (Å²) in [6.45, 7) is 0.119. The molecule has 1 aromatic carbocycles. The van der Waals surface area contributed by atoms with E-state index in [1.807, 2.05) is 30.3 Å². The number of hydrogen-bond acceptors (Lipinski definition) is 3. The second-order valence-electron chi connectivity index (χ2n) is 3.57. The van der Waals surface area contributed by atoms with Crippen molar-refractivity contribution in [3.63, 3.8) is 0 Å². The molecule has 1 aromatic rings. The zero-order valence-electron chi connectivity index (χ0n) is 9.76. The van der Waals surface area contributed by atoms with E-state index in [1.54, 1.807) is 0 Å². The maximum absolute atomic E-state index is 11.4. The molecule has 0 heterocycles. The second-order valence-corrected chi connectivity index (χ2v) is 3.57. The van der Waals surface area contributed by atoms with E-state index < -0.39 is 18.0 Å². The Bertz CT molecular complexity index is 451. The third-order valence-corrected chi connectivity index (χ3v) is 2.17. The second kappa shape index (κ2) is 6.97. The summed E-state index contributed by atoms with van der Waals surface area (Å²) in [5.41, 5.74) is 5.92. The molecule has 0 spiro atoms. The zero-order chi connectivity index (χ0) is 13.4. The van der Waals surface area contributed by atoms with Gasteiger partial charge in [-0.3, -0.25) is 4.79 Å². The van der Waals surface area contributed by atoms with Gasteiger partial charge in [0, 0.05) is 6.42 Å². The van der Waals surface area contributed by atoms with Crippen molar-refractivity contribution in [3.8, 4) is 12.3 Å². The van der Waals surface area contributed by atoms with Crippen LogP contribution in [0.4, 0.5) is 4.79 Å². The summed E-state index contributed by atoms with van der Waals surface area (Å²) in [7, 11) is 0. The third kappa shape index (κ3) is 4.58. The molecule has 1 rings (SSSR count). The predicted molar refractivity (Wildman–Crippen MR) is 66.2 cm³/mol. The van der Waals surface area contributed by atoms with E-state index >= 15 is 0 Å². The van der Waals surface area contributed by atoms with Crippen LogP contribution in [0.1, 0.15) is 12.0 Å². The van der Waals surface area contributed by atoms with Crippen LogP contribution in [0, 0.1) is 12.3 Å². The molecular formula is C13H14N2O3. The Kier molecular flexibility index (Phi) is 5.26. The number of amides is 2. The Balaban J connectivity index is 2.42. The van der Waals surface area contributed by atoms with E-state index in [0.717, 1.165) is 5.56 Å². The number of carbonyl (C=O) groups is 2. The molecule has 0 saturated heterocycles. The molecule has 3 N–H and O–H groups in total. The van der Waals surface area contributed by atoms with Crippen LogP contribution < -0.4 is 11.1 Å². The lowest BCUT2D eigenvalue weighted by Crippen LogP contribution is -2.44. The van der Waals surface area contributed by atoms with Gasteiger partial charge in [-0.2, -0.15) is 0 Å². The largest absolute Gasteiger partial charge is 0.445 e. The van der Waals surface area contributed by atoms with Gasteiger partial charge >= 0.3 is 6.09 Å². The van der Waals surface area contributed by atoms with Crippen molar-refractivity contribution in [2.75, 3.05) is 0 Å². The number of alkyl carbamates (subject to hydrolysis) is 1. The number of benzene rings is 1. The van der Waals surface area contributed by atoms with E-state index in [0.29, 0.717) is 0 Å². The molecule has 0 bridgehead atoms. The van der Waals surface area contributed by atoms with Crippen molar-refractivity contribution in [2.24, 2.45) is 5.73 Å². The minimum absolute atomic E-state index is 0.0375. The highest BCUT2D eigenvalue weighted by Crippen LogP contribution is 2.01. The molecule has 0 saturated carbocycles. The molecule has 2 amide bonds. The summed E-state index contributed by atoms with van der Waals surface area (Å²) < 4.78 is 4.93. The van der Waals surface area contributed by atoms with Gasteiger partial charge in [-0.15, -0.1) is 12.3 Å². The average Bonchev–Trinajstić information content (AvgIpc) is 2.37. The zero-order valence-corrected chi connectivity index (χ0v) is 9.76. The fraction of sp³-hybridized carbons (Fsp3) is 0.231. The molecular weight excluding hydrogens is 232 g/mol. The summed E-state index contributed by atoms with van der Waals surface area (Å²) in [6, 6.07) is 8.26. The van der Waals surface area contributed by atoms with Crippen molar-refractivity contribution in [1.82, 2.24) is 5.32 Å². The lowest BCUT2D eigenvalue weighted by Gasteiger charge is -2.12. The van der Waals surface area contributed by atoms with Gasteiger partial charge in [0.15, 0.2) is 0 Å². The molecule has 1 unspecified atom stereocenters. The average molecular weight is 246 g/mol. The van der Waals surface area contributed by atoms with Crippen molar-refractivity contribution in [2.45, 2.75) is 19.1 Å². The maximum atomic E-state index is 11.4. The minimum Gasteiger partial charge on any atom is -0.445 e. The smallest absolute Gasteiger partial charge is 0.408 e. The monoisotopic (exact) mass is 246 g/mol. The van der Waals surface area contributed by atoms with Crippen LogP contribution in [0.15, 0.2) is 30.3 Å². The van der Waals surface area contributed by atoms with Crippen molar-refractivity contribution in [1.29, 1.82) is 0 Å². The summed E-state index contributed by atoms with van der Waals surface area (Å²) >= 11 is 0. The summed E-state index contributed by atoms with van der Waals surface area (Å²) in [5.74, 6) is 1.57. The molecule has 0 aliphatic heterocycles.